The van der Waals surface area contributed by atoms with E-state index in [1.165, 1.54) is 0 Å². The highest BCUT2D eigenvalue weighted by Gasteiger charge is 2.20. The first kappa shape index (κ1) is 18.1. The highest BCUT2D eigenvalue weighted by atomic mass is 16.7. The van der Waals surface area contributed by atoms with Crippen molar-refractivity contribution in [2.75, 3.05) is 13.3 Å². The number of rotatable bonds is 6. The highest BCUT2D eigenvalue weighted by molar-refractivity contribution is 5.78. The van der Waals surface area contributed by atoms with Gasteiger partial charge in [0.15, 0.2) is 11.5 Å². The lowest BCUT2D eigenvalue weighted by Crippen LogP contribution is -2.31. The number of benzene rings is 2. The third-order valence-corrected chi connectivity index (χ3v) is 4.78. The number of nitrogens with zero attached hydrogens (tertiary/aromatic N) is 2. The Hall–Kier alpha value is -3.28. The van der Waals surface area contributed by atoms with Crippen molar-refractivity contribution in [2.45, 2.75) is 26.8 Å². The van der Waals surface area contributed by atoms with Crippen LogP contribution in [0.1, 0.15) is 23.9 Å². The third kappa shape index (κ3) is 3.71. The van der Waals surface area contributed by atoms with Crippen molar-refractivity contribution < 1.29 is 18.7 Å². The summed E-state index contributed by atoms with van der Waals surface area (Å²) in [5.74, 6) is 2.54. The summed E-state index contributed by atoms with van der Waals surface area (Å²) in [5.41, 5.74) is 2.56. The Balaban J connectivity index is 1.49. The molecular weight excluding hydrogens is 356 g/mol. The molecule has 2 heterocycles. The number of amides is 1. The number of carbonyl (C=O) groups is 1. The Morgan fingerprint density at radius 3 is 2.68 bits per heavy atom. The number of oxazole rings is 1. The molecule has 6 nitrogen and oxygen atoms in total. The monoisotopic (exact) mass is 378 g/mol. The molecule has 0 saturated heterocycles. The largest absolute Gasteiger partial charge is 0.454 e. The molecule has 0 unspecified atom stereocenters. The number of fused-ring (bicyclic) bond motifs is 1. The van der Waals surface area contributed by atoms with Crippen molar-refractivity contribution in [3.63, 3.8) is 0 Å². The van der Waals surface area contributed by atoms with Crippen LogP contribution < -0.4 is 9.47 Å². The Morgan fingerprint density at radius 1 is 1.11 bits per heavy atom. The third-order valence-electron chi connectivity index (χ3n) is 4.78. The van der Waals surface area contributed by atoms with E-state index in [9.17, 15) is 4.79 Å². The van der Waals surface area contributed by atoms with E-state index < -0.39 is 0 Å². The van der Waals surface area contributed by atoms with E-state index in [0.29, 0.717) is 41.9 Å². The van der Waals surface area contributed by atoms with Crippen LogP contribution >= 0.6 is 0 Å². The molecule has 3 aromatic rings. The average Bonchev–Trinajstić information content (AvgIpc) is 3.33. The predicted octanol–water partition coefficient (Wildman–Crippen LogP) is 3.97. The van der Waals surface area contributed by atoms with Gasteiger partial charge in [-0.25, -0.2) is 4.98 Å². The molecule has 1 aliphatic rings. The normalized spacial score (nSPS) is 12.2. The van der Waals surface area contributed by atoms with Crippen LogP contribution in [0.25, 0.3) is 11.5 Å². The van der Waals surface area contributed by atoms with Gasteiger partial charge >= 0.3 is 0 Å². The smallest absolute Gasteiger partial charge is 0.231 e. The highest BCUT2D eigenvalue weighted by Crippen LogP contribution is 2.36. The van der Waals surface area contributed by atoms with Gasteiger partial charge in [-0.3, -0.25) is 4.79 Å². The Morgan fingerprint density at radius 2 is 1.89 bits per heavy atom. The van der Waals surface area contributed by atoms with Crippen molar-refractivity contribution in [3.05, 3.63) is 65.5 Å². The van der Waals surface area contributed by atoms with Crippen LogP contribution in [0, 0.1) is 6.92 Å². The molecular formula is C22H22N2O4. The fourth-order valence-electron chi connectivity index (χ4n) is 3.18. The molecule has 0 bridgehead atoms. The fraction of sp³-hybridized carbons (Fsp3) is 0.273. The molecule has 0 atom stereocenters. The first-order valence-electron chi connectivity index (χ1n) is 9.32. The van der Waals surface area contributed by atoms with Gasteiger partial charge in [0.1, 0.15) is 5.76 Å². The van der Waals surface area contributed by atoms with Crippen LogP contribution in [0.3, 0.4) is 0 Å². The van der Waals surface area contributed by atoms with Crippen LogP contribution in [0.15, 0.2) is 52.9 Å². The predicted molar refractivity (Wildman–Crippen MR) is 104 cm³/mol. The molecule has 1 aliphatic heterocycles. The summed E-state index contributed by atoms with van der Waals surface area (Å²) in [6.45, 7) is 5.26. The maximum Gasteiger partial charge on any atom is 0.231 e. The number of aryl methyl sites for hydroxylation is 1. The second-order valence-corrected chi connectivity index (χ2v) is 6.66. The molecule has 144 valence electrons. The van der Waals surface area contributed by atoms with Gasteiger partial charge in [-0.1, -0.05) is 30.3 Å². The summed E-state index contributed by atoms with van der Waals surface area (Å²) in [4.78, 5) is 19.2. The van der Waals surface area contributed by atoms with Crippen molar-refractivity contribution in [1.82, 2.24) is 9.88 Å². The number of likely N-dealkylation sites (N-methyl/N-ethyl adjacent to an activating group) is 1. The van der Waals surface area contributed by atoms with Gasteiger partial charge in [-0.15, -0.1) is 0 Å². The topological polar surface area (TPSA) is 64.8 Å². The van der Waals surface area contributed by atoms with Crippen molar-refractivity contribution >= 4 is 5.91 Å². The summed E-state index contributed by atoms with van der Waals surface area (Å²) in [5, 5.41) is 0. The maximum absolute atomic E-state index is 12.8. The van der Waals surface area contributed by atoms with E-state index in [1.807, 2.05) is 67.3 Å². The molecule has 0 aliphatic carbocycles. The Labute approximate surface area is 163 Å². The van der Waals surface area contributed by atoms with Crippen molar-refractivity contribution in [3.8, 4) is 23.0 Å². The van der Waals surface area contributed by atoms with Crippen LogP contribution in [-0.2, 0) is 17.8 Å². The molecule has 0 N–H and O–H groups in total. The number of ether oxygens (including phenoxy) is 2. The van der Waals surface area contributed by atoms with Gasteiger partial charge in [0, 0.05) is 18.7 Å². The standard InChI is InChI=1S/C22H22N2O4/c1-3-24(13-16-7-5-4-6-8-16)21(25)12-18-15(2)28-22(23-18)17-9-10-19-20(11-17)27-14-26-19/h4-11H,3,12-14H2,1-2H3. The minimum absolute atomic E-state index is 0.0278. The minimum Gasteiger partial charge on any atom is -0.454 e. The van der Waals surface area contributed by atoms with E-state index in [2.05, 4.69) is 4.98 Å². The summed E-state index contributed by atoms with van der Waals surface area (Å²) >= 11 is 0. The Kier molecular flexibility index (Phi) is 5.02. The lowest BCUT2D eigenvalue weighted by Gasteiger charge is -2.20. The van der Waals surface area contributed by atoms with Gasteiger partial charge in [0.05, 0.1) is 12.1 Å². The van der Waals surface area contributed by atoms with Crippen LogP contribution in [0.4, 0.5) is 0 Å². The molecule has 0 fully saturated rings. The van der Waals surface area contributed by atoms with E-state index in [0.717, 1.165) is 11.1 Å². The Bertz CT molecular complexity index is 981. The summed E-state index contributed by atoms with van der Waals surface area (Å²) in [6.07, 6.45) is 0.209. The molecule has 28 heavy (non-hydrogen) atoms. The van der Waals surface area contributed by atoms with Gasteiger partial charge in [-0.05, 0) is 37.6 Å². The SMILES string of the molecule is CCN(Cc1ccccc1)C(=O)Cc1nc(-c2ccc3c(c2)OCO3)oc1C. The number of hydrogen-bond donors (Lipinski definition) is 0. The number of carbonyl (C=O) groups excluding carboxylic acids is 1. The molecule has 4 rings (SSSR count). The first-order chi connectivity index (χ1) is 13.6. The minimum atomic E-state index is 0.0278. The zero-order chi connectivity index (χ0) is 19.5. The van der Waals surface area contributed by atoms with E-state index in [-0.39, 0.29) is 19.1 Å². The summed E-state index contributed by atoms with van der Waals surface area (Å²) in [7, 11) is 0. The first-order valence-corrected chi connectivity index (χ1v) is 9.32. The van der Waals surface area contributed by atoms with Crippen LogP contribution in [0.2, 0.25) is 0 Å². The molecule has 1 aromatic heterocycles. The van der Waals surface area contributed by atoms with E-state index in [4.69, 9.17) is 13.9 Å². The molecule has 1 amide bonds. The number of hydrogen-bond acceptors (Lipinski definition) is 5. The number of aromatic nitrogens is 1. The zero-order valence-electron chi connectivity index (χ0n) is 16.0. The quantitative estimate of drug-likeness (QED) is 0.649. The second kappa shape index (κ2) is 7.76. The fourth-order valence-corrected chi connectivity index (χ4v) is 3.18. The average molecular weight is 378 g/mol. The van der Waals surface area contributed by atoms with Crippen molar-refractivity contribution in [1.29, 1.82) is 0 Å². The van der Waals surface area contributed by atoms with E-state index in [1.54, 1.807) is 0 Å². The lowest BCUT2D eigenvalue weighted by atomic mass is 10.2. The van der Waals surface area contributed by atoms with E-state index >= 15 is 0 Å². The van der Waals surface area contributed by atoms with Crippen molar-refractivity contribution in [2.24, 2.45) is 0 Å². The lowest BCUT2D eigenvalue weighted by molar-refractivity contribution is -0.130. The zero-order valence-corrected chi connectivity index (χ0v) is 16.0. The molecule has 0 saturated carbocycles. The van der Waals surface area contributed by atoms with Gasteiger partial charge < -0.3 is 18.8 Å². The van der Waals surface area contributed by atoms with Crippen LogP contribution in [-0.4, -0.2) is 29.1 Å². The molecule has 0 radical (unpaired) electrons. The van der Waals surface area contributed by atoms with Gasteiger partial charge in [-0.2, -0.15) is 0 Å². The van der Waals surface area contributed by atoms with Gasteiger partial charge in [0.25, 0.3) is 0 Å². The maximum atomic E-state index is 12.8. The molecule has 6 heteroatoms. The summed E-state index contributed by atoms with van der Waals surface area (Å²) in [6, 6.07) is 15.5. The second-order valence-electron chi connectivity index (χ2n) is 6.66. The van der Waals surface area contributed by atoms with Gasteiger partial charge in [0.2, 0.25) is 18.6 Å². The summed E-state index contributed by atoms with van der Waals surface area (Å²) < 4.78 is 16.6. The molecule has 2 aromatic carbocycles. The van der Waals surface area contributed by atoms with Crippen LogP contribution in [0.5, 0.6) is 11.5 Å². The molecule has 0 spiro atoms.